The average molecular weight is 316 g/mol. The van der Waals surface area contributed by atoms with Crippen LogP contribution in [0.3, 0.4) is 0 Å². The Balaban J connectivity index is 1.46. The number of rotatable bonds is 6. The number of piperidine rings is 1. The lowest BCUT2D eigenvalue weighted by Gasteiger charge is -2.44. The number of benzene rings is 1. The molecule has 0 bridgehead atoms. The van der Waals surface area contributed by atoms with Crippen molar-refractivity contribution in [1.29, 1.82) is 0 Å². The number of ether oxygens (including phenoxy) is 1. The van der Waals surface area contributed by atoms with Crippen LogP contribution in [0.5, 0.6) is 0 Å². The monoisotopic (exact) mass is 316 g/mol. The molecule has 3 heteroatoms. The Morgan fingerprint density at radius 1 is 1.13 bits per heavy atom. The molecule has 3 nitrogen and oxygen atoms in total. The van der Waals surface area contributed by atoms with Gasteiger partial charge in [-0.05, 0) is 57.2 Å². The van der Waals surface area contributed by atoms with Crippen molar-refractivity contribution in [2.45, 2.75) is 51.7 Å². The summed E-state index contributed by atoms with van der Waals surface area (Å²) in [6, 6.07) is 9.76. The first-order valence-corrected chi connectivity index (χ1v) is 9.28. The lowest BCUT2D eigenvalue weighted by Crippen LogP contribution is -2.50. The molecule has 1 heterocycles. The highest BCUT2D eigenvalue weighted by Gasteiger charge is 2.34. The highest BCUT2D eigenvalue weighted by atomic mass is 16.5. The van der Waals surface area contributed by atoms with Crippen LogP contribution < -0.4 is 4.90 Å². The number of aryl methyl sites for hydroxylation is 1. The molecule has 128 valence electrons. The van der Waals surface area contributed by atoms with E-state index in [1.807, 2.05) is 7.11 Å². The van der Waals surface area contributed by atoms with Crippen molar-refractivity contribution < 1.29 is 4.74 Å². The largest absolute Gasteiger partial charge is 0.381 e. The summed E-state index contributed by atoms with van der Waals surface area (Å²) in [4.78, 5) is 5.25. The fourth-order valence-electron chi connectivity index (χ4n) is 4.03. The van der Waals surface area contributed by atoms with E-state index in [-0.39, 0.29) is 0 Å². The summed E-state index contributed by atoms with van der Waals surface area (Å²) in [5.74, 6) is 0.859. The second-order valence-corrected chi connectivity index (χ2v) is 7.34. The average Bonchev–Trinajstić information content (AvgIpc) is 2.54. The second kappa shape index (κ2) is 7.67. The van der Waals surface area contributed by atoms with E-state index in [0.717, 1.165) is 12.0 Å². The second-order valence-electron chi connectivity index (χ2n) is 7.34. The van der Waals surface area contributed by atoms with Gasteiger partial charge < -0.3 is 14.5 Å². The van der Waals surface area contributed by atoms with E-state index in [9.17, 15) is 0 Å². The smallest absolute Gasteiger partial charge is 0.0601 e. The zero-order chi connectivity index (χ0) is 16.2. The maximum Gasteiger partial charge on any atom is 0.0601 e. The van der Waals surface area contributed by atoms with Gasteiger partial charge in [0.2, 0.25) is 0 Å². The molecule has 1 aromatic rings. The van der Waals surface area contributed by atoms with E-state index in [2.05, 4.69) is 47.9 Å². The molecule has 1 saturated heterocycles. The van der Waals surface area contributed by atoms with Gasteiger partial charge in [0.15, 0.2) is 0 Å². The van der Waals surface area contributed by atoms with Crippen LogP contribution in [0.4, 0.5) is 5.69 Å². The molecule has 1 aliphatic heterocycles. The third-order valence-corrected chi connectivity index (χ3v) is 5.83. The van der Waals surface area contributed by atoms with Crippen molar-refractivity contribution in [3.63, 3.8) is 0 Å². The Kier molecular flexibility index (Phi) is 5.60. The molecule has 0 radical (unpaired) electrons. The first-order chi connectivity index (χ1) is 11.2. The van der Waals surface area contributed by atoms with Crippen molar-refractivity contribution in [3.8, 4) is 0 Å². The Hall–Kier alpha value is -1.06. The number of hydrogen-bond donors (Lipinski definition) is 0. The summed E-state index contributed by atoms with van der Waals surface area (Å²) in [5.41, 5.74) is 2.74. The van der Waals surface area contributed by atoms with Gasteiger partial charge in [-0.25, -0.2) is 0 Å². The summed E-state index contributed by atoms with van der Waals surface area (Å²) in [7, 11) is 1.85. The third-order valence-electron chi connectivity index (χ3n) is 5.83. The normalized spacial score (nSPS) is 25.7. The van der Waals surface area contributed by atoms with Gasteiger partial charge in [0.05, 0.1) is 6.10 Å². The molecule has 1 saturated carbocycles. The standard InChI is InChI=1S/C20H32N2O/c1-4-21(19-13-20(14-19)23-3)15-17-9-11-22(12-10-17)18-7-5-16(2)6-8-18/h5-8,17,19-20H,4,9-15H2,1-3H3. The number of anilines is 1. The lowest BCUT2D eigenvalue weighted by molar-refractivity contribution is -0.0306. The van der Waals surface area contributed by atoms with E-state index in [1.54, 1.807) is 0 Å². The van der Waals surface area contributed by atoms with Gasteiger partial charge in [0, 0.05) is 38.5 Å². The van der Waals surface area contributed by atoms with E-state index >= 15 is 0 Å². The summed E-state index contributed by atoms with van der Waals surface area (Å²) < 4.78 is 5.44. The van der Waals surface area contributed by atoms with Gasteiger partial charge in [0.1, 0.15) is 0 Å². The van der Waals surface area contributed by atoms with Crippen LogP contribution in [0.25, 0.3) is 0 Å². The number of nitrogens with zero attached hydrogens (tertiary/aromatic N) is 2. The highest BCUT2D eigenvalue weighted by molar-refractivity contribution is 5.47. The molecule has 3 rings (SSSR count). The fourth-order valence-corrected chi connectivity index (χ4v) is 4.03. The minimum absolute atomic E-state index is 0.512. The molecule has 0 spiro atoms. The quantitative estimate of drug-likeness (QED) is 0.796. The fraction of sp³-hybridized carbons (Fsp3) is 0.700. The van der Waals surface area contributed by atoms with Crippen molar-refractivity contribution in [2.24, 2.45) is 5.92 Å². The van der Waals surface area contributed by atoms with Gasteiger partial charge in [-0.3, -0.25) is 0 Å². The molecule has 1 aliphatic carbocycles. The van der Waals surface area contributed by atoms with Crippen molar-refractivity contribution in [3.05, 3.63) is 29.8 Å². The van der Waals surface area contributed by atoms with Gasteiger partial charge in [-0.1, -0.05) is 24.6 Å². The number of methoxy groups -OCH3 is 1. The maximum absolute atomic E-state index is 5.44. The zero-order valence-electron chi connectivity index (χ0n) is 15.0. The van der Waals surface area contributed by atoms with Crippen LogP contribution in [-0.2, 0) is 4.74 Å². The predicted molar refractivity (Wildman–Crippen MR) is 97.2 cm³/mol. The van der Waals surface area contributed by atoms with E-state index in [1.165, 1.54) is 63.1 Å². The Bertz CT molecular complexity index is 473. The van der Waals surface area contributed by atoms with E-state index in [4.69, 9.17) is 4.74 Å². The molecule has 2 fully saturated rings. The summed E-state index contributed by atoms with van der Waals surface area (Å²) >= 11 is 0. The molecular weight excluding hydrogens is 284 g/mol. The van der Waals surface area contributed by atoms with Crippen LogP contribution in [0.2, 0.25) is 0 Å². The van der Waals surface area contributed by atoms with Gasteiger partial charge in [-0.15, -0.1) is 0 Å². The lowest BCUT2D eigenvalue weighted by atomic mass is 9.86. The molecule has 0 N–H and O–H groups in total. The van der Waals surface area contributed by atoms with Gasteiger partial charge >= 0.3 is 0 Å². The summed E-state index contributed by atoms with van der Waals surface area (Å²) in [5, 5.41) is 0. The third kappa shape index (κ3) is 4.07. The Labute approximate surface area is 141 Å². The van der Waals surface area contributed by atoms with Crippen LogP contribution in [-0.4, -0.2) is 50.3 Å². The zero-order valence-corrected chi connectivity index (χ0v) is 15.0. The molecular formula is C20H32N2O. The van der Waals surface area contributed by atoms with Crippen LogP contribution in [0.1, 0.15) is 38.2 Å². The first kappa shape index (κ1) is 16.8. The SMILES string of the molecule is CCN(CC1CCN(c2ccc(C)cc2)CC1)C1CC(OC)C1. The molecule has 0 aromatic heterocycles. The molecule has 0 atom stereocenters. The van der Waals surface area contributed by atoms with Gasteiger partial charge in [-0.2, -0.15) is 0 Å². The summed E-state index contributed by atoms with van der Waals surface area (Å²) in [6.07, 6.45) is 5.62. The molecule has 0 unspecified atom stereocenters. The maximum atomic E-state index is 5.44. The van der Waals surface area contributed by atoms with Crippen LogP contribution >= 0.6 is 0 Å². The minimum atomic E-state index is 0.512. The highest BCUT2D eigenvalue weighted by Crippen LogP contribution is 2.30. The van der Waals surface area contributed by atoms with Crippen molar-refractivity contribution >= 4 is 5.69 Å². The van der Waals surface area contributed by atoms with Gasteiger partial charge in [0.25, 0.3) is 0 Å². The minimum Gasteiger partial charge on any atom is -0.381 e. The first-order valence-electron chi connectivity index (χ1n) is 9.28. The Morgan fingerprint density at radius 2 is 1.78 bits per heavy atom. The Morgan fingerprint density at radius 3 is 2.35 bits per heavy atom. The predicted octanol–water partition coefficient (Wildman–Crippen LogP) is 3.71. The van der Waals surface area contributed by atoms with Crippen molar-refractivity contribution in [1.82, 2.24) is 4.90 Å². The van der Waals surface area contributed by atoms with Crippen LogP contribution in [0.15, 0.2) is 24.3 Å². The summed E-state index contributed by atoms with van der Waals surface area (Å²) in [6.45, 7) is 9.33. The molecule has 1 aromatic carbocycles. The molecule has 2 aliphatic rings. The topological polar surface area (TPSA) is 15.7 Å². The molecule has 23 heavy (non-hydrogen) atoms. The van der Waals surface area contributed by atoms with Crippen LogP contribution in [0, 0.1) is 12.8 Å². The van der Waals surface area contributed by atoms with E-state index < -0.39 is 0 Å². The van der Waals surface area contributed by atoms with E-state index in [0.29, 0.717) is 6.10 Å². The molecule has 0 amide bonds. The number of hydrogen-bond acceptors (Lipinski definition) is 3. The van der Waals surface area contributed by atoms with Crippen molar-refractivity contribution in [2.75, 3.05) is 38.2 Å².